The van der Waals surface area contributed by atoms with Gasteiger partial charge in [-0.3, -0.25) is 0 Å². The summed E-state index contributed by atoms with van der Waals surface area (Å²) in [5.41, 5.74) is 5.21. The van der Waals surface area contributed by atoms with Gasteiger partial charge in [0.25, 0.3) is 0 Å². The number of sulfonamides is 1. The second-order valence-electron chi connectivity index (χ2n) is 5.47. The van der Waals surface area contributed by atoms with Crippen LogP contribution in [-0.2, 0) is 10.0 Å². The summed E-state index contributed by atoms with van der Waals surface area (Å²) < 4.78 is 40.8. The number of hydrogen-bond acceptors (Lipinski definition) is 3. The normalized spacial score (nSPS) is 18.2. The molecule has 3 N–H and O–H groups in total. The van der Waals surface area contributed by atoms with Gasteiger partial charge in [0.1, 0.15) is 10.7 Å². The van der Waals surface area contributed by atoms with Crippen molar-refractivity contribution in [2.75, 3.05) is 5.73 Å². The van der Waals surface area contributed by atoms with Gasteiger partial charge in [-0.1, -0.05) is 43.7 Å². The molecule has 1 aliphatic carbocycles. The lowest BCUT2D eigenvalue weighted by molar-refractivity contribution is 0.426. The monoisotopic (exact) mass is 334 g/mol. The van der Waals surface area contributed by atoms with Crippen molar-refractivity contribution < 1.29 is 12.8 Å². The van der Waals surface area contributed by atoms with Crippen LogP contribution in [0.25, 0.3) is 0 Å². The molecule has 0 atom stereocenters. The Morgan fingerprint density at radius 2 is 1.71 bits per heavy atom. The molecule has 0 bridgehead atoms. The van der Waals surface area contributed by atoms with E-state index in [9.17, 15) is 12.8 Å². The molecule has 2 rings (SSSR count). The molecule has 0 unspecified atom stereocenters. The van der Waals surface area contributed by atoms with E-state index < -0.39 is 15.8 Å². The molecular formula is C14H20ClFN2O2S. The maximum Gasteiger partial charge on any atom is 0.242 e. The van der Waals surface area contributed by atoms with Crippen LogP contribution >= 0.6 is 11.6 Å². The molecule has 21 heavy (non-hydrogen) atoms. The van der Waals surface area contributed by atoms with E-state index in [4.69, 9.17) is 17.3 Å². The molecule has 0 heterocycles. The highest BCUT2D eigenvalue weighted by Crippen LogP contribution is 2.27. The molecular weight excluding hydrogens is 315 g/mol. The van der Waals surface area contributed by atoms with E-state index in [0.29, 0.717) is 0 Å². The second-order valence-corrected chi connectivity index (χ2v) is 7.56. The Bertz CT molecular complexity index is 599. The first-order valence-electron chi connectivity index (χ1n) is 7.17. The summed E-state index contributed by atoms with van der Waals surface area (Å²) in [4.78, 5) is -0.162. The average Bonchev–Trinajstić information content (AvgIpc) is 2.36. The molecule has 0 amide bonds. The first-order chi connectivity index (χ1) is 9.90. The van der Waals surface area contributed by atoms with Gasteiger partial charge in [-0.2, -0.15) is 0 Å². The Morgan fingerprint density at radius 1 is 1.14 bits per heavy atom. The van der Waals surface area contributed by atoms with Crippen LogP contribution in [0.15, 0.2) is 17.0 Å². The van der Waals surface area contributed by atoms with Crippen LogP contribution in [0, 0.1) is 5.82 Å². The zero-order chi connectivity index (χ0) is 15.5. The number of benzene rings is 1. The SMILES string of the molecule is Nc1cc(S(=O)(=O)NC2CCCCCCC2)c(Cl)cc1F. The predicted octanol–water partition coefficient (Wildman–Crippen LogP) is 3.45. The summed E-state index contributed by atoms with van der Waals surface area (Å²) in [7, 11) is -3.79. The van der Waals surface area contributed by atoms with E-state index in [1.54, 1.807) is 0 Å². The van der Waals surface area contributed by atoms with Gasteiger partial charge in [0, 0.05) is 6.04 Å². The molecule has 118 valence electrons. The minimum Gasteiger partial charge on any atom is -0.396 e. The number of hydrogen-bond donors (Lipinski definition) is 2. The maximum atomic E-state index is 13.3. The molecule has 0 aliphatic heterocycles. The third-order valence-corrected chi connectivity index (χ3v) is 5.75. The summed E-state index contributed by atoms with van der Waals surface area (Å²) in [5.74, 6) is -0.718. The van der Waals surface area contributed by atoms with Gasteiger partial charge in [0.05, 0.1) is 10.7 Å². The molecule has 1 aliphatic rings. The van der Waals surface area contributed by atoms with Crippen molar-refractivity contribution in [3.8, 4) is 0 Å². The van der Waals surface area contributed by atoms with E-state index in [-0.39, 0.29) is 21.6 Å². The fourth-order valence-corrected chi connectivity index (χ4v) is 4.46. The van der Waals surface area contributed by atoms with Gasteiger partial charge >= 0.3 is 0 Å². The quantitative estimate of drug-likeness (QED) is 0.831. The Labute approximate surface area is 129 Å². The summed E-state index contributed by atoms with van der Waals surface area (Å²) in [5, 5.41) is -0.153. The van der Waals surface area contributed by atoms with Crippen molar-refractivity contribution in [1.29, 1.82) is 0 Å². The molecule has 0 radical (unpaired) electrons. The van der Waals surface area contributed by atoms with Crippen molar-refractivity contribution in [2.45, 2.75) is 55.9 Å². The van der Waals surface area contributed by atoms with Gasteiger partial charge in [0.15, 0.2) is 0 Å². The minimum absolute atomic E-state index is 0.0994. The summed E-state index contributed by atoms with van der Waals surface area (Å²) in [6.07, 6.45) is 7.10. The maximum absolute atomic E-state index is 13.3. The number of nitrogens with two attached hydrogens (primary N) is 1. The summed E-state index contributed by atoms with van der Waals surface area (Å²) in [6, 6.07) is 1.91. The van der Waals surface area contributed by atoms with E-state index in [1.807, 2.05) is 0 Å². The third-order valence-electron chi connectivity index (χ3n) is 3.77. The van der Waals surface area contributed by atoms with Gasteiger partial charge < -0.3 is 5.73 Å². The van der Waals surface area contributed by atoms with Crippen LogP contribution in [0.5, 0.6) is 0 Å². The van der Waals surface area contributed by atoms with Crippen LogP contribution in [-0.4, -0.2) is 14.5 Å². The summed E-state index contributed by atoms with van der Waals surface area (Å²) >= 11 is 5.85. The molecule has 1 aromatic rings. The van der Waals surface area contributed by atoms with E-state index >= 15 is 0 Å². The van der Waals surface area contributed by atoms with Crippen molar-refractivity contribution in [2.24, 2.45) is 0 Å². The number of anilines is 1. The van der Waals surface area contributed by atoms with Gasteiger partial charge in [-0.15, -0.1) is 0 Å². The number of rotatable bonds is 3. The van der Waals surface area contributed by atoms with Crippen LogP contribution in [0.2, 0.25) is 5.02 Å². The summed E-state index contributed by atoms with van der Waals surface area (Å²) in [6.45, 7) is 0. The molecule has 0 spiro atoms. The van der Waals surface area contributed by atoms with Crippen LogP contribution in [0.1, 0.15) is 44.9 Å². The number of nitrogen functional groups attached to an aromatic ring is 1. The van der Waals surface area contributed by atoms with Crippen molar-refractivity contribution in [3.63, 3.8) is 0 Å². The molecule has 0 aromatic heterocycles. The largest absolute Gasteiger partial charge is 0.396 e. The minimum atomic E-state index is -3.79. The fourth-order valence-electron chi connectivity index (χ4n) is 2.61. The fraction of sp³-hybridized carbons (Fsp3) is 0.571. The number of nitrogens with one attached hydrogen (secondary N) is 1. The van der Waals surface area contributed by atoms with Crippen LogP contribution < -0.4 is 10.5 Å². The lowest BCUT2D eigenvalue weighted by Crippen LogP contribution is -2.35. The lowest BCUT2D eigenvalue weighted by Gasteiger charge is -2.21. The van der Waals surface area contributed by atoms with E-state index in [1.165, 1.54) is 6.42 Å². The number of halogens is 2. The molecule has 1 aromatic carbocycles. The van der Waals surface area contributed by atoms with Crippen LogP contribution in [0.3, 0.4) is 0 Å². The third kappa shape index (κ3) is 4.31. The average molecular weight is 335 g/mol. The van der Waals surface area contributed by atoms with E-state index in [2.05, 4.69) is 4.72 Å². The second kappa shape index (κ2) is 6.94. The Morgan fingerprint density at radius 3 is 2.33 bits per heavy atom. The topological polar surface area (TPSA) is 72.2 Å². The highest BCUT2D eigenvalue weighted by Gasteiger charge is 2.24. The first kappa shape index (κ1) is 16.5. The van der Waals surface area contributed by atoms with Crippen LogP contribution in [0.4, 0.5) is 10.1 Å². The molecule has 4 nitrogen and oxygen atoms in total. The van der Waals surface area contributed by atoms with Crippen molar-refractivity contribution in [1.82, 2.24) is 4.72 Å². The molecule has 1 saturated carbocycles. The highest BCUT2D eigenvalue weighted by molar-refractivity contribution is 7.89. The van der Waals surface area contributed by atoms with Crippen molar-refractivity contribution >= 4 is 27.3 Å². The highest BCUT2D eigenvalue weighted by atomic mass is 35.5. The Balaban J connectivity index is 2.19. The van der Waals surface area contributed by atoms with Gasteiger partial charge in [-0.25, -0.2) is 17.5 Å². The van der Waals surface area contributed by atoms with Crippen molar-refractivity contribution in [3.05, 3.63) is 23.0 Å². The Hall–Kier alpha value is -0.850. The molecule has 0 saturated heterocycles. The first-order valence-corrected chi connectivity index (χ1v) is 9.03. The molecule has 1 fully saturated rings. The van der Waals surface area contributed by atoms with Gasteiger partial charge in [-0.05, 0) is 25.0 Å². The zero-order valence-electron chi connectivity index (χ0n) is 11.7. The smallest absolute Gasteiger partial charge is 0.242 e. The van der Waals surface area contributed by atoms with E-state index in [0.717, 1.165) is 50.7 Å². The predicted molar refractivity (Wildman–Crippen MR) is 82.3 cm³/mol. The Kier molecular flexibility index (Phi) is 5.46. The lowest BCUT2D eigenvalue weighted by atomic mass is 9.97. The zero-order valence-corrected chi connectivity index (χ0v) is 13.3. The standard InChI is InChI=1S/C14H20ClFN2O2S/c15-11-8-12(16)13(17)9-14(11)21(19,20)18-10-6-4-2-1-3-5-7-10/h8-10,18H,1-7,17H2. The molecule has 7 heteroatoms. The van der Waals surface area contributed by atoms with Gasteiger partial charge in [0.2, 0.25) is 10.0 Å².